The van der Waals surface area contributed by atoms with Crippen molar-refractivity contribution in [3.05, 3.63) is 23.5 Å². The smallest absolute Gasteiger partial charge is 0.324 e. The number of hydrogen-bond donors (Lipinski definition) is 2. The Labute approximate surface area is 91.0 Å². The molecule has 1 aliphatic rings. The fraction of sp³-hybridized carbons (Fsp3) is 0.444. The molecule has 0 bridgehead atoms. The van der Waals surface area contributed by atoms with Crippen LogP contribution in [0.5, 0.6) is 0 Å². The molecule has 2 N–H and O–H groups in total. The lowest BCUT2D eigenvalue weighted by atomic mass is 10.2. The number of amides is 1. The summed E-state index contributed by atoms with van der Waals surface area (Å²) in [6.07, 6.45) is 0.433. The summed E-state index contributed by atoms with van der Waals surface area (Å²) in [5, 5.41) is 19.7. The third-order valence-electron chi connectivity index (χ3n) is 2.36. The highest BCUT2D eigenvalue weighted by molar-refractivity contribution is 5.93. The summed E-state index contributed by atoms with van der Waals surface area (Å²) >= 11 is 0. The molecule has 2 unspecified atom stereocenters. The predicted molar refractivity (Wildman–Crippen MR) is 53.1 cm³/mol. The second kappa shape index (κ2) is 4.40. The molecule has 7 heteroatoms. The molecule has 86 valence electrons. The van der Waals surface area contributed by atoms with Crippen molar-refractivity contribution >= 4 is 11.7 Å². The largest absolute Gasteiger partial charge is 0.691 e. The van der Waals surface area contributed by atoms with Crippen LogP contribution in [0.2, 0.25) is 0 Å². The van der Waals surface area contributed by atoms with Gasteiger partial charge in [-0.3, -0.25) is 0 Å². The Hall–Kier alpha value is -1.76. The molecule has 2 rings (SSSR count). The minimum atomic E-state index is -1.01. The first-order valence-corrected chi connectivity index (χ1v) is 4.90. The van der Waals surface area contributed by atoms with E-state index in [4.69, 9.17) is 0 Å². The van der Waals surface area contributed by atoms with Crippen molar-refractivity contribution in [1.82, 2.24) is 10.4 Å². The van der Waals surface area contributed by atoms with Crippen molar-refractivity contribution in [1.29, 1.82) is 0 Å². The Balaban J connectivity index is 2.00. The molecule has 1 fully saturated rings. The Morgan fingerprint density at radius 3 is 3.19 bits per heavy atom. The van der Waals surface area contributed by atoms with E-state index in [2.05, 4.69) is 15.7 Å². The standard InChI is InChI=1S/C9H11FN4O2/c10-6-4-7(11-5-6)9(15)13-8-2-1-3-12-14(8)16/h1-3,6-7,11H,4-5H2,(H,13,15). The van der Waals surface area contributed by atoms with Crippen LogP contribution in [0, 0.1) is 5.21 Å². The maximum absolute atomic E-state index is 12.8. The average molecular weight is 226 g/mol. The van der Waals surface area contributed by atoms with Crippen molar-refractivity contribution in [2.45, 2.75) is 18.6 Å². The second-order valence-corrected chi connectivity index (χ2v) is 3.56. The number of alkyl halides is 1. The number of nitrogens with zero attached hydrogens (tertiary/aromatic N) is 2. The fourth-order valence-electron chi connectivity index (χ4n) is 1.55. The van der Waals surface area contributed by atoms with Gasteiger partial charge in [0, 0.05) is 19.0 Å². The lowest BCUT2D eigenvalue weighted by molar-refractivity contribution is -0.654. The second-order valence-electron chi connectivity index (χ2n) is 3.56. The van der Waals surface area contributed by atoms with Gasteiger partial charge < -0.3 is 10.5 Å². The van der Waals surface area contributed by atoms with Gasteiger partial charge in [0.05, 0.1) is 6.20 Å². The van der Waals surface area contributed by atoms with E-state index >= 15 is 0 Å². The highest BCUT2D eigenvalue weighted by Gasteiger charge is 2.32. The van der Waals surface area contributed by atoms with E-state index in [9.17, 15) is 14.4 Å². The molecule has 0 aromatic carbocycles. The first-order valence-electron chi connectivity index (χ1n) is 4.90. The van der Waals surface area contributed by atoms with E-state index in [1.807, 2.05) is 0 Å². The summed E-state index contributed by atoms with van der Waals surface area (Å²) in [6, 6.07) is 2.37. The molecule has 16 heavy (non-hydrogen) atoms. The number of anilines is 1. The van der Waals surface area contributed by atoms with Gasteiger partial charge in [-0.1, -0.05) is 5.10 Å². The molecule has 0 saturated carbocycles. The number of carbonyl (C=O) groups excluding carboxylic acids is 1. The molecule has 0 spiro atoms. The summed E-state index contributed by atoms with van der Waals surface area (Å²) in [7, 11) is 0. The lowest BCUT2D eigenvalue weighted by Gasteiger charge is -2.08. The SMILES string of the molecule is O=C(Nc1cccn[n+]1[O-])C1CC(F)CN1. The van der Waals surface area contributed by atoms with Crippen LogP contribution in [0.15, 0.2) is 18.3 Å². The Kier molecular flexibility index (Phi) is 2.95. The van der Waals surface area contributed by atoms with Crippen LogP contribution < -0.4 is 15.5 Å². The van der Waals surface area contributed by atoms with Gasteiger partial charge in [-0.15, -0.1) is 4.85 Å². The van der Waals surface area contributed by atoms with E-state index in [0.717, 1.165) is 0 Å². The Morgan fingerprint density at radius 1 is 1.75 bits per heavy atom. The summed E-state index contributed by atoms with van der Waals surface area (Å²) in [6.45, 7) is 0.169. The highest BCUT2D eigenvalue weighted by atomic mass is 19.1. The monoisotopic (exact) mass is 226 g/mol. The number of aromatic nitrogens is 2. The van der Waals surface area contributed by atoms with Gasteiger partial charge in [0.1, 0.15) is 12.2 Å². The van der Waals surface area contributed by atoms with Gasteiger partial charge in [-0.05, 0) is 6.07 Å². The van der Waals surface area contributed by atoms with E-state index in [0.29, 0.717) is 4.85 Å². The summed E-state index contributed by atoms with van der Waals surface area (Å²) in [5.41, 5.74) is 0. The topological polar surface area (TPSA) is 81.0 Å². The number of hydrogen-bond acceptors (Lipinski definition) is 4. The predicted octanol–water partition coefficient (Wildman–Crippen LogP) is -0.646. The Morgan fingerprint density at radius 2 is 2.56 bits per heavy atom. The highest BCUT2D eigenvalue weighted by Crippen LogP contribution is 2.11. The first kappa shape index (κ1) is 10.7. The van der Waals surface area contributed by atoms with Crippen molar-refractivity contribution in [2.75, 3.05) is 11.9 Å². The fourth-order valence-corrected chi connectivity index (χ4v) is 1.55. The van der Waals surface area contributed by atoms with Crippen LogP contribution in [0.1, 0.15) is 6.42 Å². The molecule has 1 aromatic heterocycles. The van der Waals surface area contributed by atoms with Crippen LogP contribution >= 0.6 is 0 Å². The minimum absolute atomic E-state index is 0.0385. The molecule has 1 aliphatic heterocycles. The molecule has 6 nitrogen and oxygen atoms in total. The van der Waals surface area contributed by atoms with Crippen LogP contribution in [-0.4, -0.2) is 29.8 Å². The van der Waals surface area contributed by atoms with Crippen LogP contribution in [-0.2, 0) is 4.79 Å². The zero-order chi connectivity index (χ0) is 11.5. The van der Waals surface area contributed by atoms with Crippen molar-refractivity contribution in [3.8, 4) is 0 Å². The van der Waals surface area contributed by atoms with Gasteiger partial charge in [-0.2, -0.15) is 0 Å². The molecule has 0 radical (unpaired) electrons. The zero-order valence-corrected chi connectivity index (χ0v) is 8.39. The summed E-state index contributed by atoms with van der Waals surface area (Å²) < 4.78 is 12.8. The molecular weight excluding hydrogens is 215 g/mol. The minimum Gasteiger partial charge on any atom is -0.691 e. The lowest BCUT2D eigenvalue weighted by Crippen LogP contribution is -2.41. The van der Waals surface area contributed by atoms with Gasteiger partial charge >= 0.3 is 11.7 Å². The normalized spacial score (nSPS) is 24.3. The summed E-state index contributed by atoms with van der Waals surface area (Å²) in [5.74, 6) is -0.380. The van der Waals surface area contributed by atoms with Gasteiger partial charge in [0.15, 0.2) is 0 Å². The molecule has 1 aromatic rings. The number of halogens is 1. The maximum Gasteiger partial charge on any atom is 0.324 e. The molecule has 1 amide bonds. The van der Waals surface area contributed by atoms with E-state index in [1.54, 1.807) is 0 Å². The molecule has 1 saturated heterocycles. The van der Waals surface area contributed by atoms with Crippen LogP contribution in [0.4, 0.5) is 10.2 Å². The summed E-state index contributed by atoms with van der Waals surface area (Å²) in [4.78, 5) is 11.9. The molecule has 2 heterocycles. The van der Waals surface area contributed by atoms with Gasteiger partial charge in [-0.25, -0.2) is 14.5 Å². The van der Waals surface area contributed by atoms with Crippen LogP contribution in [0.3, 0.4) is 0 Å². The third kappa shape index (κ3) is 2.25. The van der Waals surface area contributed by atoms with Crippen molar-refractivity contribution in [2.24, 2.45) is 0 Å². The van der Waals surface area contributed by atoms with E-state index in [1.165, 1.54) is 18.3 Å². The molecule has 0 aliphatic carbocycles. The average Bonchev–Trinajstić information content (AvgIpc) is 2.68. The van der Waals surface area contributed by atoms with E-state index < -0.39 is 18.1 Å². The van der Waals surface area contributed by atoms with Crippen LogP contribution in [0.25, 0.3) is 0 Å². The number of nitrogens with one attached hydrogen (secondary N) is 2. The number of carbonyl (C=O) groups is 1. The van der Waals surface area contributed by atoms with Gasteiger partial charge in [0.2, 0.25) is 0 Å². The third-order valence-corrected chi connectivity index (χ3v) is 2.36. The van der Waals surface area contributed by atoms with Crippen molar-refractivity contribution in [3.63, 3.8) is 0 Å². The van der Waals surface area contributed by atoms with Gasteiger partial charge in [0.25, 0.3) is 0 Å². The zero-order valence-electron chi connectivity index (χ0n) is 8.39. The Bertz CT molecular complexity index is 401. The number of rotatable bonds is 2. The first-order chi connectivity index (χ1) is 7.66. The molecule has 2 atom stereocenters. The maximum atomic E-state index is 12.8. The van der Waals surface area contributed by atoms with Crippen molar-refractivity contribution < 1.29 is 14.0 Å². The van der Waals surface area contributed by atoms with E-state index in [-0.39, 0.29) is 18.8 Å². The molecular formula is C9H11FN4O2. The quantitative estimate of drug-likeness (QED) is 0.519.